The number of amides is 4. The summed E-state index contributed by atoms with van der Waals surface area (Å²) < 4.78 is 23.8. The second kappa shape index (κ2) is 17.5. The first-order valence-corrected chi connectivity index (χ1v) is 16.1. The van der Waals surface area contributed by atoms with Gasteiger partial charge in [-0.05, 0) is 54.3 Å². The smallest absolute Gasteiger partial charge is 0.330 e. The van der Waals surface area contributed by atoms with Gasteiger partial charge >= 0.3 is 5.97 Å². The van der Waals surface area contributed by atoms with E-state index in [2.05, 4.69) is 15.8 Å². The molecule has 0 saturated heterocycles. The first-order valence-electron chi connectivity index (χ1n) is 16.1. The first kappa shape index (κ1) is 37.0. The molecule has 1 aromatic heterocycles. The van der Waals surface area contributed by atoms with E-state index < -0.39 is 53.5 Å². The summed E-state index contributed by atoms with van der Waals surface area (Å²) in [4.78, 5) is 66.6. The maximum absolute atomic E-state index is 14.4. The molecule has 0 spiro atoms. The average Bonchev–Trinajstić information content (AvgIpc) is 3.54. The maximum atomic E-state index is 14.4. The van der Waals surface area contributed by atoms with Crippen molar-refractivity contribution in [2.24, 2.45) is 5.73 Å². The van der Waals surface area contributed by atoms with Gasteiger partial charge in [-0.25, -0.2) is 9.18 Å². The Morgan fingerprint density at radius 1 is 1.00 bits per heavy atom. The summed E-state index contributed by atoms with van der Waals surface area (Å²) in [6, 6.07) is 17.0. The number of aromatic nitrogens is 1. The maximum Gasteiger partial charge on any atom is 0.330 e. The van der Waals surface area contributed by atoms with E-state index in [0.29, 0.717) is 11.3 Å². The van der Waals surface area contributed by atoms with Gasteiger partial charge in [-0.15, -0.1) is 0 Å². The van der Waals surface area contributed by atoms with Crippen LogP contribution in [0.15, 0.2) is 89.5 Å². The second-order valence-electron chi connectivity index (χ2n) is 11.7. The van der Waals surface area contributed by atoms with Crippen LogP contribution in [0.4, 0.5) is 4.39 Å². The predicted molar refractivity (Wildman–Crippen MR) is 183 cm³/mol. The SMILES string of the molecule is CCOC(=O)/C=C/[C@H](CCC(N)=O)NC(=O)[C@H](Cc1ccc(F)cc1)N(C)C(=O)[C@H](Cc1cccc2ccccc12)NC(=O)c1cc(C)on1. The van der Waals surface area contributed by atoms with E-state index in [-0.39, 0.29) is 38.0 Å². The van der Waals surface area contributed by atoms with Crippen molar-refractivity contribution in [3.05, 3.63) is 113 Å². The third-order valence-corrected chi connectivity index (χ3v) is 8.01. The number of hydrogen-bond acceptors (Lipinski definition) is 8. The van der Waals surface area contributed by atoms with E-state index in [0.717, 1.165) is 22.4 Å². The number of benzene rings is 3. The van der Waals surface area contributed by atoms with Crippen molar-refractivity contribution in [1.29, 1.82) is 0 Å². The Balaban J connectivity index is 1.68. The van der Waals surface area contributed by atoms with Crippen molar-refractivity contribution in [2.75, 3.05) is 13.7 Å². The fraction of sp³-hybridized carbons (Fsp3) is 0.297. The van der Waals surface area contributed by atoms with E-state index >= 15 is 0 Å². The molecule has 4 amide bonds. The van der Waals surface area contributed by atoms with Gasteiger partial charge in [-0.3, -0.25) is 19.2 Å². The number of rotatable bonds is 16. The Hall–Kier alpha value is -5.85. The number of fused-ring (bicyclic) bond motifs is 1. The van der Waals surface area contributed by atoms with Gasteiger partial charge in [-0.1, -0.05) is 65.8 Å². The predicted octanol–water partition coefficient (Wildman–Crippen LogP) is 3.56. The molecule has 3 atom stereocenters. The monoisotopic (exact) mass is 685 g/mol. The zero-order valence-corrected chi connectivity index (χ0v) is 28.1. The van der Waals surface area contributed by atoms with Crippen LogP contribution in [-0.4, -0.2) is 71.4 Å². The van der Waals surface area contributed by atoms with Crippen molar-refractivity contribution >= 4 is 40.4 Å². The highest BCUT2D eigenvalue weighted by atomic mass is 19.1. The second-order valence-corrected chi connectivity index (χ2v) is 11.7. The molecule has 0 fully saturated rings. The lowest BCUT2D eigenvalue weighted by atomic mass is 9.97. The largest absolute Gasteiger partial charge is 0.463 e. The number of likely N-dealkylation sites (N-methyl/N-ethyl adjacent to an activating group) is 1. The Morgan fingerprint density at radius 2 is 1.72 bits per heavy atom. The summed E-state index contributed by atoms with van der Waals surface area (Å²) in [5, 5.41) is 11.2. The minimum atomic E-state index is -1.18. The van der Waals surface area contributed by atoms with Gasteiger partial charge in [0, 0.05) is 44.5 Å². The molecule has 0 bridgehead atoms. The average molecular weight is 686 g/mol. The van der Waals surface area contributed by atoms with E-state index in [4.69, 9.17) is 15.0 Å². The van der Waals surface area contributed by atoms with Crippen molar-refractivity contribution < 1.29 is 37.6 Å². The number of nitrogens with zero attached hydrogens (tertiary/aromatic N) is 2. The number of nitrogens with two attached hydrogens (primary N) is 1. The third kappa shape index (κ3) is 10.3. The lowest BCUT2D eigenvalue weighted by molar-refractivity contribution is -0.140. The molecule has 3 aromatic carbocycles. The van der Waals surface area contributed by atoms with Crippen LogP contribution in [0.3, 0.4) is 0 Å². The fourth-order valence-corrected chi connectivity index (χ4v) is 5.42. The van der Waals surface area contributed by atoms with Crippen LogP contribution in [0, 0.1) is 12.7 Å². The Bertz CT molecular complexity index is 1850. The number of primary amides is 1. The minimum absolute atomic E-state index is 0.0212. The van der Waals surface area contributed by atoms with Crippen LogP contribution in [0.25, 0.3) is 10.8 Å². The molecule has 262 valence electrons. The number of nitrogens with one attached hydrogen (secondary N) is 2. The molecule has 12 nitrogen and oxygen atoms in total. The molecule has 0 unspecified atom stereocenters. The van der Waals surface area contributed by atoms with Crippen LogP contribution >= 0.6 is 0 Å². The van der Waals surface area contributed by atoms with Gasteiger partial charge in [0.2, 0.25) is 17.7 Å². The first-order chi connectivity index (χ1) is 23.9. The van der Waals surface area contributed by atoms with Crippen molar-refractivity contribution in [3.63, 3.8) is 0 Å². The number of carbonyl (C=O) groups is 5. The number of carbonyl (C=O) groups excluding carboxylic acids is 5. The summed E-state index contributed by atoms with van der Waals surface area (Å²) in [6.45, 7) is 3.42. The lowest BCUT2D eigenvalue weighted by Gasteiger charge is -2.32. The standard InChI is InChI=1S/C37H40FN5O7/c1-4-49-34(45)19-17-28(16-18-33(39)44)40-36(47)32(21-24-12-14-27(38)15-13-24)43(3)37(48)31(41-35(46)30-20-23(2)50-42-30)22-26-10-7-9-25-8-5-6-11-29(25)26/h5-15,17,19-20,28,31-32H,4,16,18,21-22H2,1-3H3,(H2,39,44)(H,40,47)(H,41,46)/b19-17+/t28-,31-,32-/m0/s1. The van der Waals surface area contributed by atoms with E-state index in [1.165, 1.54) is 48.4 Å². The zero-order chi connectivity index (χ0) is 36.2. The Morgan fingerprint density at radius 3 is 2.40 bits per heavy atom. The normalized spacial score (nSPS) is 13.0. The summed E-state index contributed by atoms with van der Waals surface area (Å²) in [5.41, 5.74) is 6.66. The van der Waals surface area contributed by atoms with Crippen molar-refractivity contribution in [2.45, 2.75) is 57.7 Å². The molecule has 0 aliphatic carbocycles. The van der Waals surface area contributed by atoms with Crippen LogP contribution in [-0.2, 0) is 36.8 Å². The third-order valence-electron chi connectivity index (χ3n) is 8.01. The van der Waals surface area contributed by atoms with E-state index in [1.807, 2.05) is 42.5 Å². The molecule has 1 heterocycles. The molecule has 4 N–H and O–H groups in total. The Kier molecular flexibility index (Phi) is 13.0. The van der Waals surface area contributed by atoms with Gasteiger partial charge in [0.1, 0.15) is 23.7 Å². The Labute approximate surface area is 288 Å². The molecule has 0 aliphatic heterocycles. The van der Waals surface area contributed by atoms with Gasteiger partial charge in [0.25, 0.3) is 5.91 Å². The molecule has 0 saturated carbocycles. The van der Waals surface area contributed by atoms with Gasteiger partial charge in [-0.2, -0.15) is 0 Å². The molecular formula is C37H40FN5O7. The number of ether oxygens (including phenoxy) is 1. The zero-order valence-electron chi connectivity index (χ0n) is 28.1. The highest BCUT2D eigenvalue weighted by Gasteiger charge is 2.34. The number of esters is 1. The quantitative estimate of drug-likeness (QED) is 0.119. The van der Waals surface area contributed by atoms with Crippen molar-refractivity contribution in [1.82, 2.24) is 20.7 Å². The number of aryl methyl sites for hydroxylation is 1. The highest BCUT2D eigenvalue weighted by Crippen LogP contribution is 2.21. The summed E-state index contributed by atoms with van der Waals surface area (Å²) >= 11 is 0. The highest BCUT2D eigenvalue weighted by molar-refractivity contribution is 5.98. The van der Waals surface area contributed by atoms with Crippen molar-refractivity contribution in [3.8, 4) is 0 Å². The number of halogens is 1. The number of hydrogen-bond donors (Lipinski definition) is 3. The topological polar surface area (TPSA) is 174 Å². The molecule has 4 aromatic rings. The van der Waals surface area contributed by atoms with Crippen LogP contribution < -0.4 is 16.4 Å². The lowest BCUT2D eigenvalue weighted by Crippen LogP contribution is -2.56. The fourth-order valence-electron chi connectivity index (χ4n) is 5.42. The molecule has 50 heavy (non-hydrogen) atoms. The summed E-state index contributed by atoms with van der Waals surface area (Å²) in [7, 11) is 1.44. The van der Waals surface area contributed by atoms with Gasteiger partial charge in [0.05, 0.1) is 6.61 Å². The van der Waals surface area contributed by atoms with Crippen LogP contribution in [0.2, 0.25) is 0 Å². The summed E-state index contributed by atoms with van der Waals surface area (Å²) in [5.74, 6) is -3.20. The molecular weight excluding hydrogens is 645 g/mol. The van der Waals surface area contributed by atoms with Crippen LogP contribution in [0.1, 0.15) is 47.1 Å². The van der Waals surface area contributed by atoms with Gasteiger partial charge in [0.15, 0.2) is 5.69 Å². The van der Waals surface area contributed by atoms with E-state index in [9.17, 15) is 28.4 Å². The molecule has 4 rings (SSSR count). The molecule has 13 heteroatoms. The summed E-state index contributed by atoms with van der Waals surface area (Å²) in [6.07, 6.45) is 2.53. The van der Waals surface area contributed by atoms with Gasteiger partial charge < -0.3 is 30.5 Å². The molecule has 0 aliphatic rings. The molecule has 0 radical (unpaired) electrons. The van der Waals surface area contributed by atoms with Crippen LogP contribution in [0.5, 0.6) is 0 Å². The minimum Gasteiger partial charge on any atom is -0.463 e. The van der Waals surface area contributed by atoms with E-state index in [1.54, 1.807) is 13.8 Å².